The van der Waals surface area contributed by atoms with Crippen molar-refractivity contribution in [2.24, 2.45) is 5.92 Å². The number of imide groups is 1. The van der Waals surface area contributed by atoms with Crippen molar-refractivity contribution < 1.29 is 47.0 Å². The van der Waals surface area contributed by atoms with Crippen LogP contribution >= 0.6 is 19.5 Å². The lowest BCUT2D eigenvalue weighted by atomic mass is 10.0. The number of carbonyl (C=O) groups is 3. The summed E-state index contributed by atoms with van der Waals surface area (Å²) in [7, 11) is -4.47. The number of halogens is 1. The summed E-state index contributed by atoms with van der Waals surface area (Å²) in [5.74, 6) is -1.84. The minimum atomic E-state index is -4.47. The van der Waals surface area contributed by atoms with Gasteiger partial charge in [-0.05, 0) is 68.4 Å². The van der Waals surface area contributed by atoms with E-state index >= 15 is 4.39 Å². The number of ether oxygens (including phenoxy) is 3. The molecule has 0 aromatic carbocycles. The van der Waals surface area contributed by atoms with Gasteiger partial charge in [0.1, 0.15) is 28.8 Å². The Hall–Kier alpha value is -2.52. The fourth-order valence-electron chi connectivity index (χ4n) is 3.70. The number of anilines is 1. The number of alkyl halides is 1. The normalized spacial score (nSPS) is 22.9. The SMILES string of the molecule is CC(C)OC(=O)[C@H](C)NP(=O)(O)OC[C@H]1S[C@@H](n2ccc(N(C(=O)OC(C)(C)C)C(=O)OC(C)(C)C)nc2=O)[C@@H](F)[C@@H]1C. The van der Waals surface area contributed by atoms with Gasteiger partial charge in [0, 0.05) is 17.4 Å². The van der Waals surface area contributed by atoms with E-state index in [2.05, 4.69) is 10.1 Å². The minimum Gasteiger partial charge on any atom is -0.462 e. The van der Waals surface area contributed by atoms with Crippen LogP contribution in [0.15, 0.2) is 17.1 Å². The molecule has 2 rings (SSSR count). The molecular weight excluding hydrogens is 610 g/mol. The number of aromatic nitrogens is 2. The first kappa shape index (κ1) is 36.7. The summed E-state index contributed by atoms with van der Waals surface area (Å²) in [6, 6.07) is 0.0400. The van der Waals surface area contributed by atoms with Gasteiger partial charge in [-0.25, -0.2) is 28.4 Å². The number of esters is 1. The molecule has 2 N–H and O–H groups in total. The third-order valence-electron chi connectivity index (χ3n) is 5.62. The monoisotopic (exact) mass is 652 g/mol. The van der Waals surface area contributed by atoms with E-state index in [0.717, 1.165) is 16.3 Å². The molecule has 1 aromatic rings. The van der Waals surface area contributed by atoms with Gasteiger partial charge in [-0.3, -0.25) is 13.9 Å². The second-order valence-electron chi connectivity index (χ2n) is 12.3. The van der Waals surface area contributed by atoms with Gasteiger partial charge in [-0.1, -0.05) is 6.92 Å². The average molecular weight is 653 g/mol. The van der Waals surface area contributed by atoms with Crippen molar-refractivity contribution in [1.29, 1.82) is 0 Å². The largest absolute Gasteiger partial charge is 0.462 e. The Morgan fingerprint density at radius 1 is 1.14 bits per heavy atom. The molecule has 14 nitrogen and oxygen atoms in total. The van der Waals surface area contributed by atoms with Crippen LogP contribution in [0, 0.1) is 5.92 Å². The molecule has 0 radical (unpaired) electrons. The summed E-state index contributed by atoms with van der Waals surface area (Å²) in [6.45, 7) is 15.4. The highest BCUT2D eigenvalue weighted by Crippen LogP contribution is 2.48. The lowest BCUT2D eigenvalue weighted by Gasteiger charge is -2.28. The van der Waals surface area contributed by atoms with Gasteiger partial charge in [0.05, 0.1) is 12.7 Å². The summed E-state index contributed by atoms with van der Waals surface area (Å²) in [4.78, 5) is 65.3. The fourth-order valence-corrected chi connectivity index (χ4v) is 6.42. The lowest BCUT2D eigenvalue weighted by molar-refractivity contribution is -0.149. The van der Waals surface area contributed by atoms with E-state index in [1.165, 1.54) is 19.2 Å². The highest BCUT2D eigenvalue weighted by molar-refractivity contribution is 8.00. The van der Waals surface area contributed by atoms with Gasteiger partial charge in [0.15, 0.2) is 5.82 Å². The molecule has 1 aliphatic rings. The van der Waals surface area contributed by atoms with Gasteiger partial charge in [0.25, 0.3) is 0 Å². The van der Waals surface area contributed by atoms with Crippen molar-refractivity contribution in [2.45, 2.75) is 109 Å². The van der Waals surface area contributed by atoms with Crippen LogP contribution in [-0.2, 0) is 28.1 Å². The number of thioether (sulfide) groups is 1. The summed E-state index contributed by atoms with van der Waals surface area (Å²) in [5, 5.41) is 0.435. The average Bonchev–Trinajstić information content (AvgIpc) is 3.08. The highest BCUT2D eigenvalue weighted by atomic mass is 32.2. The maximum absolute atomic E-state index is 15.4. The van der Waals surface area contributed by atoms with E-state index in [1.807, 2.05) is 0 Å². The number of carbonyl (C=O) groups excluding carboxylic acids is 3. The lowest BCUT2D eigenvalue weighted by Crippen LogP contribution is -2.45. The molecule has 0 spiro atoms. The number of nitrogens with zero attached hydrogens (tertiary/aromatic N) is 3. The molecule has 43 heavy (non-hydrogen) atoms. The van der Waals surface area contributed by atoms with Gasteiger partial charge >= 0.3 is 31.6 Å². The molecule has 6 atom stereocenters. The second kappa shape index (κ2) is 14.1. The van der Waals surface area contributed by atoms with E-state index in [1.54, 1.807) is 62.3 Å². The maximum atomic E-state index is 15.4. The Balaban J connectivity index is 2.23. The molecule has 1 unspecified atom stereocenters. The summed E-state index contributed by atoms with van der Waals surface area (Å²) in [6.07, 6.45) is -3.07. The van der Waals surface area contributed by atoms with Crippen molar-refractivity contribution in [3.8, 4) is 0 Å². The molecule has 1 aromatic heterocycles. The zero-order valence-corrected chi connectivity index (χ0v) is 27.7. The van der Waals surface area contributed by atoms with Crippen LogP contribution in [0.1, 0.15) is 74.6 Å². The molecule has 2 heterocycles. The molecule has 0 bridgehead atoms. The quantitative estimate of drug-likeness (QED) is 0.216. The zero-order chi connectivity index (χ0) is 33.1. The van der Waals surface area contributed by atoms with Gasteiger partial charge in [0.2, 0.25) is 0 Å². The summed E-state index contributed by atoms with van der Waals surface area (Å²) < 4.78 is 49.7. The maximum Gasteiger partial charge on any atom is 0.425 e. The third-order valence-corrected chi connectivity index (χ3v) is 8.52. The standard InChI is InChI=1S/C26H42FN4O10PS/c1-14(2)39-21(32)16(4)29-42(36,37)38-13-17-15(3)19(27)20(43-17)30-12-11-18(28-22(30)33)31(23(34)40-25(5,6)7)24(35)41-26(8,9)10/h11-12,14-17,19-20H,13H2,1-10H3,(H2,29,36,37)/t15-,16+,17-,19+,20-/m1/s1. The number of hydrogen-bond donors (Lipinski definition) is 2. The highest BCUT2D eigenvalue weighted by Gasteiger charge is 2.45. The van der Waals surface area contributed by atoms with Crippen LogP contribution in [-0.4, -0.2) is 74.0 Å². The van der Waals surface area contributed by atoms with Crippen molar-refractivity contribution in [3.05, 3.63) is 22.7 Å². The Labute approximate surface area is 254 Å². The van der Waals surface area contributed by atoms with Crippen LogP contribution in [0.3, 0.4) is 0 Å². The zero-order valence-electron chi connectivity index (χ0n) is 26.0. The van der Waals surface area contributed by atoms with Crippen LogP contribution < -0.4 is 15.7 Å². The molecule has 2 amide bonds. The smallest absolute Gasteiger partial charge is 0.425 e. The Morgan fingerprint density at radius 3 is 2.14 bits per heavy atom. The van der Waals surface area contributed by atoms with Gasteiger partial charge in [-0.2, -0.15) is 9.88 Å². The van der Waals surface area contributed by atoms with Gasteiger partial charge in [-0.15, -0.1) is 11.8 Å². The summed E-state index contributed by atoms with van der Waals surface area (Å²) >= 11 is 0.985. The molecule has 17 heteroatoms. The summed E-state index contributed by atoms with van der Waals surface area (Å²) in [5.41, 5.74) is -2.92. The second-order valence-corrected chi connectivity index (χ2v) is 15.2. The fraction of sp³-hybridized carbons (Fsp3) is 0.731. The van der Waals surface area contributed by atoms with E-state index in [9.17, 15) is 28.6 Å². The molecule has 244 valence electrons. The predicted octanol–water partition coefficient (Wildman–Crippen LogP) is 4.55. The van der Waals surface area contributed by atoms with Crippen molar-refractivity contribution in [3.63, 3.8) is 0 Å². The van der Waals surface area contributed by atoms with Crippen LogP contribution in [0.5, 0.6) is 0 Å². The first-order chi connectivity index (χ1) is 19.5. The first-order valence-corrected chi connectivity index (χ1v) is 16.1. The van der Waals surface area contributed by atoms with Crippen LogP contribution in [0.2, 0.25) is 0 Å². The molecule has 0 saturated carbocycles. The van der Waals surface area contributed by atoms with Crippen molar-refractivity contribution >= 4 is 43.5 Å². The van der Waals surface area contributed by atoms with Crippen molar-refractivity contribution in [2.75, 3.05) is 11.5 Å². The van der Waals surface area contributed by atoms with E-state index in [-0.39, 0.29) is 12.4 Å². The van der Waals surface area contributed by atoms with Gasteiger partial charge < -0.3 is 19.1 Å². The Bertz CT molecular complexity index is 1250. The Kier molecular flexibility index (Phi) is 12.0. The molecule has 1 saturated heterocycles. The molecular formula is C26H42FN4O10PS. The van der Waals surface area contributed by atoms with E-state index < -0.39 is 77.7 Å². The molecule has 0 aliphatic carbocycles. The van der Waals surface area contributed by atoms with Crippen LogP contribution in [0.4, 0.5) is 19.8 Å². The number of hydrogen-bond acceptors (Lipinski definition) is 11. The first-order valence-electron chi connectivity index (χ1n) is 13.6. The topological polar surface area (TPSA) is 176 Å². The number of rotatable bonds is 9. The van der Waals surface area contributed by atoms with E-state index in [0.29, 0.717) is 4.90 Å². The Morgan fingerprint density at radius 2 is 1.67 bits per heavy atom. The number of amides is 2. The van der Waals surface area contributed by atoms with Crippen LogP contribution in [0.25, 0.3) is 0 Å². The minimum absolute atomic E-state index is 0.374. The number of nitrogens with one attached hydrogen (secondary N) is 1. The molecule has 1 aliphatic heterocycles. The predicted molar refractivity (Wildman–Crippen MR) is 158 cm³/mol. The molecule has 1 fully saturated rings. The van der Waals surface area contributed by atoms with E-state index in [4.69, 9.17) is 18.7 Å². The third kappa shape index (κ3) is 10.9. The van der Waals surface area contributed by atoms with Crippen molar-refractivity contribution in [1.82, 2.24) is 14.6 Å².